The van der Waals surface area contributed by atoms with Crippen LogP contribution in [0.3, 0.4) is 0 Å². The van der Waals surface area contributed by atoms with Gasteiger partial charge in [-0.3, -0.25) is 0 Å². The van der Waals surface area contributed by atoms with Crippen LogP contribution in [0.4, 0.5) is 11.4 Å². The van der Waals surface area contributed by atoms with Crippen molar-refractivity contribution in [2.24, 2.45) is 9.63 Å². The first-order chi connectivity index (χ1) is 9.25. The van der Waals surface area contributed by atoms with Crippen molar-refractivity contribution in [3.8, 4) is 0 Å². The lowest BCUT2D eigenvalue weighted by Gasteiger charge is -2.03. The van der Waals surface area contributed by atoms with Crippen LogP contribution in [0.1, 0.15) is 5.56 Å². The molecule has 0 fully saturated rings. The Morgan fingerprint density at radius 2 is 1.74 bits per heavy atom. The molecule has 0 radical (unpaired) electrons. The van der Waals surface area contributed by atoms with Gasteiger partial charge in [-0.05, 0) is 30.7 Å². The van der Waals surface area contributed by atoms with Gasteiger partial charge in [-0.25, -0.2) is 0 Å². The van der Waals surface area contributed by atoms with Crippen LogP contribution in [-0.4, -0.2) is 4.32 Å². The first kappa shape index (κ1) is 13.7. The van der Waals surface area contributed by atoms with Gasteiger partial charge in [0.15, 0.2) is 4.32 Å². The van der Waals surface area contributed by atoms with E-state index in [2.05, 4.69) is 15.0 Å². The second-order valence-electron chi connectivity index (χ2n) is 3.84. The molecule has 0 heterocycles. The summed E-state index contributed by atoms with van der Waals surface area (Å²) in [5.74, 6) is 0. The maximum absolute atomic E-state index is 5.18. The molecule has 5 heteroatoms. The summed E-state index contributed by atoms with van der Waals surface area (Å²) in [6.45, 7) is 2.00. The second-order valence-corrected chi connectivity index (χ2v) is 5.26. The molecule has 19 heavy (non-hydrogen) atoms. The topological polar surface area (TPSA) is 36.8 Å². The van der Waals surface area contributed by atoms with Gasteiger partial charge in [-0.1, -0.05) is 48.6 Å². The molecule has 0 amide bonds. The summed E-state index contributed by atoms with van der Waals surface area (Å²) in [5.41, 5.74) is 2.90. The van der Waals surface area contributed by atoms with Gasteiger partial charge in [0.05, 0.1) is 17.6 Å². The lowest BCUT2D eigenvalue weighted by Crippen LogP contribution is -2.02. The number of hydrogen-bond donors (Lipinski definition) is 1. The second kappa shape index (κ2) is 7.01. The van der Waals surface area contributed by atoms with Crippen molar-refractivity contribution in [3.63, 3.8) is 0 Å². The molecule has 2 aromatic rings. The van der Waals surface area contributed by atoms with E-state index < -0.39 is 0 Å². The Labute approximate surface area is 122 Å². The van der Waals surface area contributed by atoms with Crippen LogP contribution in [0, 0.1) is 6.92 Å². The van der Waals surface area contributed by atoms with Crippen molar-refractivity contribution in [1.29, 1.82) is 0 Å². The molecule has 0 aromatic heterocycles. The molecule has 0 saturated carbocycles. The average Bonchev–Trinajstić information content (AvgIpc) is 2.42. The predicted octanol–water partition coefficient (Wildman–Crippen LogP) is 5.12. The highest BCUT2D eigenvalue weighted by Crippen LogP contribution is 2.20. The van der Waals surface area contributed by atoms with Gasteiger partial charge < -0.3 is 5.32 Å². The van der Waals surface area contributed by atoms with Crippen LogP contribution in [0.15, 0.2) is 64.2 Å². The van der Waals surface area contributed by atoms with E-state index in [1.807, 2.05) is 61.5 Å². The first-order valence-electron chi connectivity index (χ1n) is 5.75. The fourth-order valence-electron chi connectivity index (χ4n) is 1.44. The van der Waals surface area contributed by atoms with Crippen molar-refractivity contribution >= 4 is 39.9 Å². The summed E-state index contributed by atoms with van der Waals surface area (Å²) in [7, 11) is 0. The van der Waals surface area contributed by atoms with Crippen molar-refractivity contribution in [1.82, 2.24) is 0 Å². The van der Waals surface area contributed by atoms with Crippen molar-refractivity contribution in [2.45, 2.75) is 6.92 Å². The van der Waals surface area contributed by atoms with E-state index in [4.69, 9.17) is 12.2 Å². The monoisotopic (exact) mass is 287 g/mol. The Bertz CT molecular complexity index is 582. The SMILES string of the molecule is Cc1ccccc1N=NSC(=S)Nc1ccccc1. The lowest BCUT2D eigenvalue weighted by molar-refractivity contribution is 1.29. The number of rotatable bonds is 3. The number of para-hydroxylation sites is 1. The number of aryl methyl sites for hydroxylation is 1. The summed E-state index contributed by atoms with van der Waals surface area (Å²) in [6, 6.07) is 17.6. The largest absolute Gasteiger partial charge is 0.340 e. The molecular formula is C14H13N3S2. The van der Waals surface area contributed by atoms with E-state index in [1.165, 1.54) is 0 Å². The highest BCUT2D eigenvalue weighted by molar-refractivity contribution is 8.22. The number of hydrogen-bond acceptors (Lipinski definition) is 4. The summed E-state index contributed by atoms with van der Waals surface area (Å²) in [5, 5.41) is 7.23. The van der Waals surface area contributed by atoms with Crippen LogP contribution >= 0.6 is 24.2 Å². The third-order valence-corrected chi connectivity index (χ3v) is 3.16. The third-order valence-electron chi connectivity index (χ3n) is 2.41. The molecule has 2 aromatic carbocycles. The number of nitrogens with zero attached hydrogens (tertiary/aromatic N) is 2. The Morgan fingerprint density at radius 3 is 2.47 bits per heavy atom. The highest BCUT2D eigenvalue weighted by atomic mass is 32.2. The summed E-state index contributed by atoms with van der Waals surface area (Å²) in [6.07, 6.45) is 0. The molecule has 96 valence electrons. The molecule has 0 aliphatic rings. The zero-order valence-corrected chi connectivity index (χ0v) is 12.0. The van der Waals surface area contributed by atoms with Gasteiger partial charge in [0.2, 0.25) is 0 Å². The Kier molecular flexibility index (Phi) is 5.06. The Morgan fingerprint density at radius 1 is 1.05 bits per heavy atom. The molecule has 2 rings (SSSR count). The summed E-state index contributed by atoms with van der Waals surface area (Å²) in [4.78, 5) is 0. The molecule has 0 atom stereocenters. The fraction of sp³-hybridized carbons (Fsp3) is 0.0714. The van der Waals surface area contributed by atoms with E-state index >= 15 is 0 Å². The summed E-state index contributed by atoms with van der Waals surface area (Å²) >= 11 is 6.34. The van der Waals surface area contributed by atoms with Crippen LogP contribution < -0.4 is 5.32 Å². The Hall–Kier alpha value is -1.72. The molecule has 0 saturated heterocycles. The van der Waals surface area contributed by atoms with Crippen molar-refractivity contribution in [3.05, 3.63) is 60.2 Å². The van der Waals surface area contributed by atoms with Crippen LogP contribution in [0.5, 0.6) is 0 Å². The molecule has 0 unspecified atom stereocenters. The smallest absolute Gasteiger partial charge is 0.162 e. The van der Waals surface area contributed by atoms with Gasteiger partial charge in [0.1, 0.15) is 0 Å². The lowest BCUT2D eigenvalue weighted by atomic mass is 10.2. The Balaban J connectivity index is 1.89. The van der Waals surface area contributed by atoms with Crippen LogP contribution in [-0.2, 0) is 0 Å². The van der Waals surface area contributed by atoms with Gasteiger partial charge in [0, 0.05) is 5.69 Å². The normalized spacial score (nSPS) is 10.6. The van der Waals surface area contributed by atoms with Crippen LogP contribution in [0.2, 0.25) is 0 Å². The van der Waals surface area contributed by atoms with Gasteiger partial charge in [0.25, 0.3) is 0 Å². The van der Waals surface area contributed by atoms with E-state index in [-0.39, 0.29) is 0 Å². The molecule has 0 aliphatic heterocycles. The van der Waals surface area contributed by atoms with Gasteiger partial charge in [-0.2, -0.15) is 0 Å². The minimum atomic E-state index is 0.573. The zero-order valence-electron chi connectivity index (χ0n) is 10.4. The van der Waals surface area contributed by atoms with Crippen LogP contribution in [0.25, 0.3) is 0 Å². The van der Waals surface area contributed by atoms with Crippen molar-refractivity contribution in [2.75, 3.05) is 5.32 Å². The molecule has 0 aliphatic carbocycles. The molecule has 3 nitrogen and oxygen atoms in total. The van der Waals surface area contributed by atoms with E-state index in [0.717, 1.165) is 28.9 Å². The van der Waals surface area contributed by atoms with Gasteiger partial charge in [-0.15, -0.1) is 9.63 Å². The number of anilines is 1. The van der Waals surface area contributed by atoms with E-state index in [1.54, 1.807) is 0 Å². The van der Waals surface area contributed by atoms with E-state index in [0.29, 0.717) is 4.32 Å². The predicted molar refractivity (Wildman–Crippen MR) is 85.9 cm³/mol. The molecule has 0 spiro atoms. The average molecular weight is 287 g/mol. The zero-order chi connectivity index (χ0) is 13.5. The quantitative estimate of drug-likeness (QED) is 0.483. The van der Waals surface area contributed by atoms with Crippen molar-refractivity contribution < 1.29 is 0 Å². The number of nitrogens with one attached hydrogen (secondary N) is 1. The molecular weight excluding hydrogens is 274 g/mol. The standard InChI is InChI=1S/C14H13N3S2/c1-11-7-5-6-10-13(11)16-17-19-14(18)15-12-8-3-2-4-9-12/h2-10H,1H3,(H,15,18). The fourth-order valence-corrected chi connectivity index (χ4v) is 2.02. The van der Waals surface area contributed by atoms with E-state index in [9.17, 15) is 0 Å². The van der Waals surface area contributed by atoms with Gasteiger partial charge >= 0.3 is 0 Å². The minimum absolute atomic E-state index is 0.573. The minimum Gasteiger partial charge on any atom is -0.340 e. The number of thiocarbonyl (C=S) groups is 1. The maximum atomic E-state index is 5.18. The maximum Gasteiger partial charge on any atom is 0.162 e. The first-order valence-corrected chi connectivity index (χ1v) is 6.93. The number of benzene rings is 2. The molecule has 1 N–H and O–H groups in total. The highest BCUT2D eigenvalue weighted by Gasteiger charge is 1.98. The molecule has 0 bridgehead atoms. The third kappa shape index (κ3) is 4.46. The summed E-state index contributed by atoms with van der Waals surface area (Å²) < 4.78 is 4.61.